The minimum absolute atomic E-state index is 0.108. The van der Waals surface area contributed by atoms with Crippen LogP contribution in [0.15, 0.2) is 18.5 Å². The number of hydrogen-bond acceptors (Lipinski definition) is 3. The van der Waals surface area contributed by atoms with Gasteiger partial charge in [0, 0.05) is 32.0 Å². The fourth-order valence-corrected chi connectivity index (χ4v) is 2.14. The minimum atomic E-state index is -0.488. The van der Waals surface area contributed by atoms with E-state index in [-0.39, 0.29) is 5.91 Å². The number of nitrogens with one attached hydrogen (secondary N) is 1. The predicted molar refractivity (Wildman–Crippen MR) is 66.7 cm³/mol. The van der Waals surface area contributed by atoms with Crippen LogP contribution in [0.25, 0.3) is 0 Å². The van der Waals surface area contributed by atoms with Crippen LogP contribution in [0.2, 0.25) is 5.02 Å². The molecule has 0 spiro atoms. The summed E-state index contributed by atoms with van der Waals surface area (Å²) < 4.78 is 0. The predicted octanol–water partition coefficient (Wildman–Crippen LogP) is 1.45. The zero-order chi connectivity index (χ0) is 12.5. The molecule has 1 fully saturated rings. The van der Waals surface area contributed by atoms with Gasteiger partial charge in [0.05, 0.1) is 10.6 Å². The molecule has 0 aromatic carbocycles. The number of pyridine rings is 1. The Morgan fingerprint density at radius 1 is 1.59 bits per heavy atom. The number of amides is 1. The molecule has 0 saturated carbocycles. The molecule has 2 heterocycles. The van der Waals surface area contributed by atoms with Crippen molar-refractivity contribution in [3.8, 4) is 0 Å². The number of carbonyl (C=O) groups is 1. The highest BCUT2D eigenvalue weighted by atomic mass is 35.5. The van der Waals surface area contributed by atoms with Crippen molar-refractivity contribution in [2.45, 2.75) is 25.9 Å². The van der Waals surface area contributed by atoms with Gasteiger partial charge in [-0.15, -0.1) is 0 Å². The Morgan fingerprint density at radius 3 is 3.06 bits per heavy atom. The SMILES string of the molecule is CC1(C)NCCN(Cc2ccncc2Cl)C1=O. The molecule has 0 atom stereocenters. The van der Waals surface area contributed by atoms with Crippen molar-refractivity contribution in [1.29, 1.82) is 0 Å². The molecule has 0 aliphatic carbocycles. The zero-order valence-corrected chi connectivity index (χ0v) is 10.8. The average Bonchev–Trinajstić information content (AvgIpc) is 2.28. The lowest BCUT2D eigenvalue weighted by Crippen LogP contribution is -2.60. The summed E-state index contributed by atoms with van der Waals surface area (Å²) in [4.78, 5) is 17.9. The third-order valence-corrected chi connectivity index (χ3v) is 3.33. The lowest BCUT2D eigenvalue weighted by Gasteiger charge is -2.38. The first-order valence-electron chi connectivity index (χ1n) is 5.63. The monoisotopic (exact) mass is 253 g/mol. The van der Waals surface area contributed by atoms with Gasteiger partial charge in [0.1, 0.15) is 0 Å². The maximum Gasteiger partial charge on any atom is 0.242 e. The second-order valence-corrected chi connectivity index (χ2v) is 5.15. The van der Waals surface area contributed by atoms with E-state index in [1.54, 1.807) is 12.4 Å². The number of nitrogens with zero attached hydrogens (tertiary/aromatic N) is 2. The fourth-order valence-electron chi connectivity index (χ4n) is 1.96. The highest BCUT2D eigenvalue weighted by molar-refractivity contribution is 6.31. The maximum atomic E-state index is 12.2. The van der Waals surface area contributed by atoms with E-state index in [4.69, 9.17) is 11.6 Å². The second kappa shape index (κ2) is 4.63. The van der Waals surface area contributed by atoms with E-state index in [2.05, 4.69) is 10.3 Å². The third-order valence-electron chi connectivity index (χ3n) is 2.99. The van der Waals surface area contributed by atoms with Gasteiger partial charge in [-0.3, -0.25) is 9.78 Å². The zero-order valence-electron chi connectivity index (χ0n) is 10.0. The molecule has 17 heavy (non-hydrogen) atoms. The normalized spacial score (nSPS) is 19.5. The van der Waals surface area contributed by atoms with Crippen molar-refractivity contribution in [2.75, 3.05) is 13.1 Å². The smallest absolute Gasteiger partial charge is 0.242 e. The topological polar surface area (TPSA) is 45.2 Å². The molecule has 1 aliphatic rings. The average molecular weight is 254 g/mol. The summed E-state index contributed by atoms with van der Waals surface area (Å²) >= 11 is 6.05. The van der Waals surface area contributed by atoms with Gasteiger partial charge in [-0.05, 0) is 25.5 Å². The van der Waals surface area contributed by atoms with Gasteiger partial charge in [0.2, 0.25) is 5.91 Å². The summed E-state index contributed by atoms with van der Waals surface area (Å²) in [6, 6.07) is 1.85. The summed E-state index contributed by atoms with van der Waals surface area (Å²) in [5, 5.41) is 3.81. The van der Waals surface area contributed by atoms with E-state index in [9.17, 15) is 4.79 Å². The molecule has 1 aromatic heterocycles. The van der Waals surface area contributed by atoms with Crippen LogP contribution in [-0.4, -0.2) is 34.4 Å². The Labute approximate surface area is 106 Å². The molecule has 5 heteroatoms. The van der Waals surface area contributed by atoms with Gasteiger partial charge in [-0.25, -0.2) is 0 Å². The van der Waals surface area contributed by atoms with Crippen LogP contribution in [0.5, 0.6) is 0 Å². The first-order valence-corrected chi connectivity index (χ1v) is 6.01. The molecular formula is C12H16ClN3O. The van der Waals surface area contributed by atoms with E-state index in [1.807, 2.05) is 24.8 Å². The van der Waals surface area contributed by atoms with Crippen LogP contribution < -0.4 is 5.32 Å². The molecule has 1 aromatic rings. The molecule has 1 amide bonds. The first-order chi connectivity index (χ1) is 8.00. The molecule has 1 N–H and O–H groups in total. The van der Waals surface area contributed by atoms with Crippen LogP contribution >= 0.6 is 11.6 Å². The van der Waals surface area contributed by atoms with Gasteiger partial charge in [-0.2, -0.15) is 0 Å². The quantitative estimate of drug-likeness (QED) is 0.868. The second-order valence-electron chi connectivity index (χ2n) is 4.75. The number of hydrogen-bond donors (Lipinski definition) is 1. The lowest BCUT2D eigenvalue weighted by atomic mass is 10.0. The van der Waals surface area contributed by atoms with Crippen molar-refractivity contribution in [2.24, 2.45) is 0 Å². The number of aromatic nitrogens is 1. The molecule has 0 unspecified atom stereocenters. The van der Waals surface area contributed by atoms with E-state index in [0.717, 1.165) is 12.1 Å². The van der Waals surface area contributed by atoms with Crippen LogP contribution in [0.1, 0.15) is 19.4 Å². The van der Waals surface area contributed by atoms with Crippen LogP contribution in [0, 0.1) is 0 Å². The van der Waals surface area contributed by atoms with Crippen molar-refractivity contribution < 1.29 is 4.79 Å². The Hall–Kier alpha value is -1.13. The van der Waals surface area contributed by atoms with Crippen molar-refractivity contribution in [1.82, 2.24) is 15.2 Å². The van der Waals surface area contributed by atoms with Gasteiger partial charge >= 0.3 is 0 Å². The molecule has 2 rings (SSSR count). The van der Waals surface area contributed by atoms with Crippen LogP contribution in [0.4, 0.5) is 0 Å². The van der Waals surface area contributed by atoms with Gasteiger partial charge in [0.25, 0.3) is 0 Å². The summed E-state index contributed by atoms with van der Waals surface area (Å²) in [6.45, 7) is 5.86. The molecular weight excluding hydrogens is 238 g/mol. The highest BCUT2D eigenvalue weighted by Crippen LogP contribution is 2.19. The van der Waals surface area contributed by atoms with Gasteiger partial charge in [0.15, 0.2) is 0 Å². The van der Waals surface area contributed by atoms with Crippen LogP contribution in [-0.2, 0) is 11.3 Å². The summed E-state index contributed by atoms with van der Waals surface area (Å²) in [6.07, 6.45) is 3.30. The van der Waals surface area contributed by atoms with Crippen LogP contribution in [0.3, 0.4) is 0 Å². The molecule has 0 bridgehead atoms. The Morgan fingerprint density at radius 2 is 2.35 bits per heavy atom. The van der Waals surface area contributed by atoms with E-state index in [0.29, 0.717) is 18.1 Å². The molecule has 1 aliphatic heterocycles. The summed E-state index contributed by atoms with van der Waals surface area (Å²) in [5.74, 6) is 0.108. The highest BCUT2D eigenvalue weighted by Gasteiger charge is 2.35. The third kappa shape index (κ3) is 2.58. The Balaban J connectivity index is 2.14. The van der Waals surface area contributed by atoms with Gasteiger partial charge in [-0.1, -0.05) is 11.6 Å². The number of rotatable bonds is 2. The maximum absolute atomic E-state index is 12.2. The molecule has 0 radical (unpaired) electrons. The fraction of sp³-hybridized carbons (Fsp3) is 0.500. The van der Waals surface area contributed by atoms with Crippen molar-refractivity contribution in [3.63, 3.8) is 0 Å². The minimum Gasteiger partial charge on any atom is -0.335 e. The molecule has 4 nitrogen and oxygen atoms in total. The number of halogens is 1. The standard InChI is InChI=1S/C12H16ClN3O/c1-12(2)11(17)16(6-5-15-12)8-9-3-4-14-7-10(9)13/h3-4,7,15H,5-6,8H2,1-2H3. The van der Waals surface area contributed by atoms with Crippen molar-refractivity contribution >= 4 is 17.5 Å². The van der Waals surface area contributed by atoms with E-state index >= 15 is 0 Å². The number of piperazine rings is 1. The van der Waals surface area contributed by atoms with Crippen molar-refractivity contribution in [3.05, 3.63) is 29.0 Å². The Kier molecular flexibility index (Phi) is 3.35. The molecule has 1 saturated heterocycles. The lowest BCUT2D eigenvalue weighted by molar-refractivity contribution is -0.140. The summed E-state index contributed by atoms with van der Waals surface area (Å²) in [7, 11) is 0. The number of carbonyl (C=O) groups excluding carboxylic acids is 1. The van der Waals surface area contributed by atoms with Gasteiger partial charge < -0.3 is 10.2 Å². The molecule has 92 valence electrons. The Bertz CT molecular complexity index is 434. The first kappa shape index (κ1) is 12.3. The van der Waals surface area contributed by atoms with E-state index in [1.165, 1.54) is 0 Å². The van der Waals surface area contributed by atoms with E-state index < -0.39 is 5.54 Å². The summed E-state index contributed by atoms with van der Waals surface area (Å²) in [5.41, 5.74) is 0.449. The largest absolute Gasteiger partial charge is 0.335 e.